The van der Waals surface area contributed by atoms with Crippen molar-refractivity contribution in [2.75, 3.05) is 19.6 Å². The minimum absolute atomic E-state index is 0.0473. The number of hydrogen-bond donors (Lipinski definition) is 2. The fraction of sp³-hybridized carbons (Fsp3) is 0.333. The number of carbonyl (C=O) groups is 2. The van der Waals surface area contributed by atoms with E-state index < -0.39 is 11.8 Å². The molecule has 0 spiro atoms. The van der Waals surface area contributed by atoms with E-state index in [2.05, 4.69) is 5.32 Å². The van der Waals surface area contributed by atoms with Crippen molar-refractivity contribution < 1.29 is 19.1 Å². The smallest absolute Gasteiger partial charge is 0.328 e. The van der Waals surface area contributed by atoms with Crippen molar-refractivity contribution in [3.63, 3.8) is 0 Å². The van der Waals surface area contributed by atoms with Crippen molar-refractivity contribution in [3.8, 4) is 0 Å². The zero-order valence-electron chi connectivity index (χ0n) is 11.5. The average Bonchev–Trinajstić information content (AvgIpc) is 2.63. The quantitative estimate of drug-likeness (QED) is 0.819. The fourth-order valence-electron chi connectivity index (χ4n) is 2.21. The van der Waals surface area contributed by atoms with Crippen LogP contribution in [-0.2, 0) is 16.1 Å². The highest BCUT2D eigenvalue weighted by Gasteiger charge is 2.16. The third-order valence-corrected chi connectivity index (χ3v) is 3.23. The van der Waals surface area contributed by atoms with Gasteiger partial charge in [0.05, 0.1) is 6.54 Å². The zero-order chi connectivity index (χ0) is 15.2. The number of carboxylic acid groups (broad SMARTS) is 1. The molecule has 1 aromatic rings. The summed E-state index contributed by atoms with van der Waals surface area (Å²) in [6.45, 7) is 2.01. The highest BCUT2D eigenvalue weighted by molar-refractivity contribution is 5.85. The molecule has 112 valence electrons. The van der Waals surface area contributed by atoms with Gasteiger partial charge in [-0.15, -0.1) is 0 Å². The van der Waals surface area contributed by atoms with E-state index in [1.165, 1.54) is 12.1 Å². The third kappa shape index (κ3) is 4.68. The maximum absolute atomic E-state index is 14.0. The van der Waals surface area contributed by atoms with Crippen LogP contribution in [0.1, 0.15) is 17.5 Å². The first-order valence-corrected chi connectivity index (χ1v) is 6.73. The van der Waals surface area contributed by atoms with Gasteiger partial charge in [-0.1, -0.05) is 12.1 Å². The molecule has 1 aliphatic heterocycles. The van der Waals surface area contributed by atoms with Crippen LogP contribution in [0.3, 0.4) is 0 Å². The first-order valence-electron chi connectivity index (χ1n) is 6.73. The lowest BCUT2D eigenvalue weighted by molar-refractivity contribution is -0.131. The van der Waals surface area contributed by atoms with Gasteiger partial charge in [-0.25, -0.2) is 9.18 Å². The Bertz CT molecular complexity index is 572. The van der Waals surface area contributed by atoms with Gasteiger partial charge in [0.1, 0.15) is 5.82 Å². The minimum atomic E-state index is -1.07. The lowest BCUT2D eigenvalue weighted by Crippen LogP contribution is -2.32. The van der Waals surface area contributed by atoms with E-state index >= 15 is 0 Å². The van der Waals surface area contributed by atoms with Crippen LogP contribution in [0.5, 0.6) is 0 Å². The molecule has 21 heavy (non-hydrogen) atoms. The number of amides is 1. The van der Waals surface area contributed by atoms with Gasteiger partial charge >= 0.3 is 5.97 Å². The Balaban J connectivity index is 2.06. The molecule has 1 amide bonds. The molecule has 1 heterocycles. The number of carboxylic acids is 1. The topological polar surface area (TPSA) is 69.6 Å². The van der Waals surface area contributed by atoms with Crippen LogP contribution in [0.4, 0.5) is 4.39 Å². The molecular formula is C15H17FN2O3. The van der Waals surface area contributed by atoms with Crippen molar-refractivity contribution >= 4 is 18.0 Å². The normalized spacial score (nSPS) is 16.7. The van der Waals surface area contributed by atoms with Crippen LogP contribution >= 0.6 is 0 Å². The van der Waals surface area contributed by atoms with Gasteiger partial charge in [-0.2, -0.15) is 0 Å². The Morgan fingerprint density at radius 2 is 2.29 bits per heavy atom. The van der Waals surface area contributed by atoms with Crippen LogP contribution < -0.4 is 5.32 Å². The Kier molecular flexibility index (Phi) is 5.05. The van der Waals surface area contributed by atoms with Gasteiger partial charge in [-0.3, -0.25) is 9.69 Å². The number of carbonyl (C=O) groups excluding carboxylic acids is 1. The monoisotopic (exact) mass is 292 g/mol. The Labute approximate surface area is 122 Å². The number of aliphatic carboxylic acids is 1. The lowest BCUT2D eigenvalue weighted by Gasteiger charge is -2.18. The Morgan fingerprint density at radius 1 is 1.48 bits per heavy atom. The zero-order valence-corrected chi connectivity index (χ0v) is 11.5. The summed E-state index contributed by atoms with van der Waals surface area (Å²) in [5.74, 6) is -1.52. The Morgan fingerprint density at radius 3 is 3.00 bits per heavy atom. The highest BCUT2D eigenvalue weighted by Crippen LogP contribution is 2.15. The van der Waals surface area contributed by atoms with Crippen molar-refractivity contribution in [1.29, 1.82) is 0 Å². The van der Waals surface area contributed by atoms with Crippen LogP contribution in [-0.4, -0.2) is 41.5 Å². The van der Waals surface area contributed by atoms with Crippen molar-refractivity contribution in [2.24, 2.45) is 0 Å². The molecule has 6 heteroatoms. The molecule has 2 N–H and O–H groups in total. The average molecular weight is 292 g/mol. The van der Waals surface area contributed by atoms with Crippen molar-refractivity contribution in [3.05, 3.63) is 41.2 Å². The molecule has 0 aliphatic carbocycles. The molecule has 0 saturated carbocycles. The molecular weight excluding hydrogens is 275 g/mol. The number of nitrogens with zero attached hydrogens (tertiary/aromatic N) is 1. The molecule has 0 aromatic heterocycles. The number of rotatable bonds is 4. The van der Waals surface area contributed by atoms with E-state index in [1.807, 2.05) is 4.90 Å². The Hall–Kier alpha value is -2.21. The van der Waals surface area contributed by atoms with Crippen LogP contribution in [0.25, 0.3) is 6.08 Å². The molecule has 0 unspecified atom stereocenters. The largest absolute Gasteiger partial charge is 0.478 e. The molecule has 2 rings (SSSR count). The summed E-state index contributed by atoms with van der Waals surface area (Å²) in [4.78, 5) is 23.8. The summed E-state index contributed by atoms with van der Waals surface area (Å²) in [6.07, 6.45) is 3.15. The van der Waals surface area contributed by atoms with Gasteiger partial charge in [0, 0.05) is 31.3 Å². The molecule has 0 radical (unpaired) electrons. The number of nitrogens with one attached hydrogen (secondary N) is 1. The highest BCUT2D eigenvalue weighted by atomic mass is 19.1. The van der Waals surface area contributed by atoms with Gasteiger partial charge in [0.15, 0.2) is 0 Å². The summed E-state index contributed by atoms with van der Waals surface area (Å²) < 4.78 is 14.0. The predicted molar refractivity (Wildman–Crippen MR) is 76.0 cm³/mol. The standard InChI is InChI=1S/C15H17FN2O3/c16-13-8-11(3-5-15(20)21)2-4-12(13)9-18-7-1-6-17-14(19)10-18/h2-5,8H,1,6-7,9-10H2,(H,17,19)(H,20,21). The first-order chi connectivity index (χ1) is 10.0. The van der Waals surface area contributed by atoms with Gasteiger partial charge in [0.25, 0.3) is 0 Å². The second-order valence-corrected chi connectivity index (χ2v) is 4.94. The van der Waals surface area contributed by atoms with Crippen LogP contribution in [0.2, 0.25) is 0 Å². The van der Waals surface area contributed by atoms with Crippen LogP contribution in [0.15, 0.2) is 24.3 Å². The minimum Gasteiger partial charge on any atom is -0.478 e. The predicted octanol–water partition coefficient (Wildman–Crippen LogP) is 1.25. The third-order valence-electron chi connectivity index (χ3n) is 3.23. The molecule has 1 saturated heterocycles. The summed E-state index contributed by atoms with van der Waals surface area (Å²) in [5.41, 5.74) is 0.990. The van der Waals surface area contributed by atoms with Crippen LogP contribution in [0, 0.1) is 5.82 Å². The summed E-state index contributed by atoms with van der Waals surface area (Å²) in [6, 6.07) is 4.59. The number of benzene rings is 1. The van der Waals surface area contributed by atoms with Gasteiger partial charge in [-0.05, 0) is 24.1 Å². The number of hydrogen-bond acceptors (Lipinski definition) is 3. The van der Waals surface area contributed by atoms with E-state index in [9.17, 15) is 14.0 Å². The maximum Gasteiger partial charge on any atom is 0.328 e. The summed E-state index contributed by atoms with van der Waals surface area (Å²) >= 11 is 0. The molecule has 5 nitrogen and oxygen atoms in total. The molecule has 1 aromatic carbocycles. The SMILES string of the molecule is O=C(O)C=Cc1ccc(CN2CCCNC(=O)C2)c(F)c1. The molecule has 1 fully saturated rings. The maximum atomic E-state index is 14.0. The van der Waals surface area contributed by atoms with E-state index in [0.717, 1.165) is 19.0 Å². The fourth-order valence-corrected chi connectivity index (χ4v) is 2.21. The van der Waals surface area contributed by atoms with Crippen molar-refractivity contribution in [1.82, 2.24) is 10.2 Å². The first kappa shape index (κ1) is 15.2. The molecule has 0 bridgehead atoms. The second-order valence-electron chi connectivity index (χ2n) is 4.94. The van der Waals surface area contributed by atoms with Gasteiger partial charge < -0.3 is 10.4 Å². The van der Waals surface area contributed by atoms with E-state index in [0.29, 0.717) is 24.2 Å². The summed E-state index contributed by atoms with van der Waals surface area (Å²) in [7, 11) is 0. The summed E-state index contributed by atoms with van der Waals surface area (Å²) in [5, 5.41) is 11.3. The second kappa shape index (κ2) is 6.99. The van der Waals surface area contributed by atoms with E-state index in [-0.39, 0.29) is 12.5 Å². The molecule has 0 atom stereocenters. The van der Waals surface area contributed by atoms with E-state index in [4.69, 9.17) is 5.11 Å². The van der Waals surface area contributed by atoms with E-state index in [1.54, 1.807) is 12.1 Å². The molecule has 1 aliphatic rings. The number of halogens is 1. The van der Waals surface area contributed by atoms with Crippen molar-refractivity contribution in [2.45, 2.75) is 13.0 Å². The lowest BCUT2D eigenvalue weighted by atomic mass is 10.1. The van der Waals surface area contributed by atoms with Gasteiger partial charge in [0.2, 0.25) is 5.91 Å².